The van der Waals surface area contributed by atoms with Gasteiger partial charge < -0.3 is 18.7 Å². The van der Waals surface area contributed by atoms with Crippen molar-refractivity contribution in [2.45, 2.75) is 6.61 Å². The van der Waals surface area contributed by atoms with Crippen LogP contribution in [-0.2, 0) is 16.2 Å². The second-order valence-electron chi connectivity index (χ2n) is 4.01. The summed E-state index contributed by atoms with van der Waals surface area (Å²) in [5, 5.41) is 3.84. The normalized spacial score (nSPS) is 10.6. The summed E-state index contributed by atoms with van der Waals surface area (Å²) in [7, 11) is 2.88. The van der Waals surface area contributed by atoms with Crippen LogP contribution in [0, 0.1) is 0 Å². The van der Waals surface area contributed by atoms with Crippen LogP contribution in [0.5, 0.6) is 5.75 Å². The summed E-state index contributed by atoms with van der Waals surface area (Å²) < 4.78 is 15.0. The number of hydrogen-bond acceptors (Lipinski definition) is 6. The maximum absolute atomic E-state index is 11.2. The number of rotatable bonds is 6. The predicted molar refractivity (Wildman–Crippen MR) is 75.4 cm³/mol. The molecular weight excluding hydrogens is 274 g/mol. The van der Waals surface area contributed by atoms with E-state index in [4.69, 9.17) is 14.0 Å². The SMILES string of the molecule is COC(=O)c1ccc(CO/N=C\c2ccccc2OC)o1. The summed E-state index contributed by atoms with van der Waals surface area (Å²) in [6, 6.07) is 10.6. The molecule has 1 heterocycles. The van der Waals surface area contributed by atoms with E-state index in [0.717, 1.165) is 5.56 Å². The van der Waals surface area contributed by atoms with Crippen molar-refractivity contribution >= 4 is 12.2 Å². The van der Waals surface area contributed by atoms with Gasteiger partial charge in [0.1, 0.15) is 11.5 Å². The first-order chi connectivity index (χ1) is 10.2. The molecule has 1 aromatic heterocycles. The molecule has 0 fully saturated rings. The zero-order valence-corrected chi connectivity index (χ0v) is 11.7. The number of esters is 1. The lowest BCUT2D eigenvalue weighted by Gasteiger charge is -2.02. The Morgan fingerprint density at radius 1 is 1.24 bits per heavy atom. The number of carbonyl (C=O) groups is 1. The zero-order valence-electron chi connectivity index (χ0n) is 11.7. The molecule has 0 saturated carbocycles. The Hall–Kier alpha value is -2.76. The van der Waals surface area contributed by atoms with Gasteiger partial charge in [0.05, 0.1) is 20.4 Å². The summed E-state index contributed by atoms with van der Waals surface area (Å²) in [4.78, 5) is 16.3. The minimum Gasteiger partial charge on any atom is -0.496 e. The lowest BCUT2D eigenvalue weighted by Crippen LogP contribution is -1.98. The molecule has 6 nitrogen and oxygen atoms in total. The summed E-state index contributed by atoms with van der Waals surface area (Å²) in [5.74, 6) is 0.784. The molecule has 6 heteroatoms. The van der Waals surface area contributed by atoms with Crippen molar-refractivity contribution in [3.63, 3.8) is 0 Å². The Morgan fingerprint density at radius 2 is 2.05 bits per heavy atom. The van der Waals surface area contributed by atoms with E-state index in [0.29, 0.717) is 11.5 Å². The first-order valence-corrected chi connectivity index (χ1v) is 6.20. The highest BCUT2D eigenvalue weighted by Crippen LogP contribution is 2.15. The average Bonchev–Trinajstić information content (AvgIpc) is 3.00. The van der Waals surface area contributed by atoms with Gasteiger partial charge in [-0.2, -0.15) is 0 Å². The fourth-order valence-electron chi connectivity index (χ4n) is 1.63. The van der Waals surface area contributed by atoms with Gasteiger partial charge in [-0.3, -0.25) is 0 Å². The van der Waals surface area contributed by atoms with Crippen molar-refractivity contribution < 1.29 is 23.5 Å². The van der Waals surface area contributed by atoms with E-state index in [1.54, 1.807) is 19.4 Å². The third-order valence-electron chi connectivity index (χ3n) is 2.66. The van der Waals surface area contributed by atoms with E-state index in [2.05, 4.69) is 9.89 Å². The van der Waals surface area contributed by atoms with Crippen LogP contribution in [0.4, 0.5) is 0 Å². The molecule has 0 unspecified atom stereocenters. The van der Waals surface area contributed by atoms with Gasteiger partial charge in [0.2, 0.25) is 5.76 Å². The number of oxime groups is 1. The van der Waals surface area contributed by atoms with Gasteiger partial charge in [-0.25, -0.2) is 4.79 Å². The molecule has 21 heavy (non-hydrogen) atoms. The van der Waals surface area contributed by atoms with E-state index in [9.17, 15) is 4.79 Å². The average molecular weight is 289 g/mol. The van der Waals surface area contributed by atoms with Crippen LogP contribution in [0.25, 0.3) is 0 Å². The maximum atomic E-state index is 11.2. The van der Waals surface area contributed by atoms with Crippen molar-refractivity contribution in [3.05, 3.63) is 53.5 Å². The summed E-state index contributed by atoms with van der Waals surface area (Å²) in [5.41, 5.74) is 0.801. The van der Waals surface area contributed by atoms with Gasteiger partial charge in [0, 0.05) is 5.56 Å². The molecule has 1 aromatic carbocycles. The Morgan fingerprint density at radius 3 is 2.81 bits per heavy atom. The zero-order chi connectivity index (χ0) is 15.1. The molecule has 0 aliphatic carbocycles. The summed E-state index contributed by atoms with van der Waals surface area (Å²) in [6.45, 7) is 0.114. The van der Waals surface area contributed by atoms with Crippen molar-refractivity contribution in [3.8, 4) is 5.75 Å². The van der Waals surface area contributed by atoms with Crippen LogP contribution in [-0.4, -0.2) is 26.4 Å². The molecule has 0 bridgehead atoms. The number of hydrogen-bond donors (Lipinski definition) is 0. The van der Waals surface area contributed by atoms with Gasteiger partial charge in [-0.15, -0.1) is 0 Å². The van der Waals surface area contributed by atoms with Crippen molar-refractivity contribution in [2.75, 3.05) is 14.2 Å². The molecular formula is C15H15NO5. The van der Waals surface area contributed by atoms with Gasteiger partial charge in [-0.1, -0.05) is 17.3 Å². The van der Waals surface area contributed by atoms with E-state index in [-0.39, 0.29) is 12.4 Å². The molecule has 0 amide bonds. The van der Waals surface area contributed by atoms with Gasteiger partial charge >= 0.3 is 5.97 Å². The largest absolute Gasteiger partial charge is 0.496 e. The first-order valence-electron chi connectivity index (χ1n) is 6.20. The van der Waals surface area contributed by atoms with Crippen LogP contribution < -0.4 is 4.74 Å². The van der Waals surface area contributed by atoms with Crippen LogP contribution in [0.15, 0.2) is 46.0 Å². The second kappa shape index (κ2) is 7.14. The quantitative estimate of drug-likeness (QED) is 0.464. The molecule has 0 aliphatic heterocycles. The minimum absolute atomic E-state index is 0.114. The number of nitrogens with zero attached hydrogens (tertiary/aromatic N) is 1. The van der Waals surface area contributed by atoms with Crippen LogP contribution in [0.1, 0.15) is 21.9 Å². The molecule has 0 spiro atoms. The summed E-state index contributed by atoms with van der Waals surface area (Å²) in [6.07, 6.45) is 1.54. The van der Waals surface area contributed by atoms with Gasteiger partial charge in [-0.05, 0) is 24.3 Å². The Kier molecular flexibility index (Phi) is 4.98. The van der Waals surface area contributed by atoms with E-state index in [1.165, 1.54) is 13.2 Å². The van der Waals surface area contributed by atoms with Crippen LogP contribution in [0.3, 0.4) is 0 Å². The molecule has 0 N–H and O–H groups in total. The Labute approximate surface area is 121 Å². The standard InChI is InChI=1S/C15H15NO5/c1-18-13-6-4-3-5-11(13)9-16-20-10-12-7-8-14(21-12)15(17)19-2/h3-9H,10H2,1-2H3/b16-9-. The molecule has 110 valence electrons. The Bertz CT molecular complexity index is 632. The lowest BCUT2D eigenvalue weighted by molar-refractivity contribution is 0.0553. The topological polar surface area (TPSA) is 70.3 Å². The maximum Gasteiger partial charge on any atom is 0.373 e. The molecule has 0 radical (unpaired) electrons. The number of benzene rings is 1. The van der Waals surface area contributed by atoms with Gasteiger partial charge in [0.25, 0.3) is 0 Å². The fourth-order valence-corrected chi connectivity index (χ4v) is 1.63. The molecule has 0 aliphatic rings. The predicted octanol–water partition coefficient (Wildman–Crippen LogP) is 2.63. The number of furan rings is 1. The molecule has 0 saturated heterocycles. The molecule has 2 aromatic rings. The van der Waals surface area contributed by atoms with Crippen molar-refractivity contribution in [1.29, 1.82) is 0 Å². The number of carbonyl (C=O) groups excluding carboxylic acids is 1. The highest BCUT2D eigenvalue weighted by molar-refractivity contribution is 5.86. The minimum atomic E-state index is -0.529. The number of methoxy groups -OCH3 is 2. The lowest BCUT2D eigenvalue weighted by atomic mass is 10.2. The van der Waals surface area contributed by atoms with Crippen LogP contribution in [0.2, 0.25) is 0 Å². The second-order valence-corrected chi connectivity index (χ2v) is 4.01. The molecule has 2 rings (SSSR count). The Balaban J connectivity index is 1.90. The van der Waals surface area contributed by atoms with Crippen molar-refractivity contribution in [1.82, 2.24) is 0 Å². The monoisotopic (exact) mass is 289 g/mol. The highest BCUT2D eigenvalue weighted by Gasteiger charge is 2.10. The van der Waals surface area contributed by atoms with Gasteiger partial charge in [0.15, 0.2) is 6.61 Å². The third kappa shape index (κ3) is 3.85. The fraction of sp³-hybridized carbons (Fsp3) is 0.200. The molecule has 0 atom stereocenters. The van der Waals surface area contributed by atoms with Crippen LogP contribution >= 0.6 is 0 Å². The van der Waals surface area contributed by atoms with E-state index in [1.807, 2.05) is 24.3 Å². The number of ether oxygens (including phenoxy) is 2. The van der Waals surface area contributed by atoms with E-state index >= 15 is 0 Å². The van der Waals surface area contributed by atoms with Crippen molar-refractivity contribution in [2.24, 2.45) is 5.16 Å². The van der Waals surface area contributed by atoms with E-state index < -0.39 is 5.97 Å². The smallest absolute Gasteiger partial charge is 0.373 e. The summed E-state index contributed by atoms with van der Waals surface area (Å²) >= 11 is 0. The highest BCUT2D eigenvalue weighted by atomic mass is 16.6. The first kappa shape index (κ1) is 14.6. The third-order valence-corrected chi connectivity index (χ3v) is 2.66. The number of para-hydroxylation sites is 1.